The quantitative estimate of drug-likeness (QED) is 0.0734. The summed E-state index contributed by atoms with van der Waals surface area (Å²) >= 11 is 0. The van der Waals surface area contributed by atoms with E-state index >= 15 is 0 Å². The molecule has 2 N–H and O–H groups in total. The van der Waals surface area contributed by atoms with Crippen molar-refractivity contribution < 1.29 is 19.8 Å². The molecule has 4 heteroatoms. The van der Waals surface area contributed by atoms with Crippen LogP contribution in [-0.4, -0.2) is 22.2 Å². The molecule has 0 aliphatic heterocycles. The van der Waals surface area contributed by atoms with Gasteiger partial charge in [-0.3, -0.25) is 9.59 Å². The molecule has 0 bridgehead atoms. The molecule has 0 aromatic carbocycles. The number of hydrogen-bond acceptors (Lipinski definition) is 2. The standard InChI is InChI=1S/C36H66O4/c1-3-5-7-9-13-19-25-33-31(23-17-8-6-4-2)29-30-32(24-18-12-10-15-21-27-35(37)38)34(33)26-20-14-11-16-22-28-36(39)40/h29-34H,3-28H2,1-2H3,(H,37,38)(H,39,40). The van der Waals surface area contributed by atoms with Crippen LogP contribution in [0.1, 0.15) is 181 Å². The highest BCUT2D eigenvalue weighted by Crippen LogP contribution is 2.44. The predicted octanol–water partition coefficient (Wildman–Crippen LogP) is 11.4. The molecule has 0 amide bonds. The normalized spacial score (nSPS) is 20.6. The molecule has 1 aliphatic carbocycles. The minimum absolute atomic E-state index is 0.309. The van der Waals surface area contributed by atoms with Crippen molar-refractivity contribution >= 4 is 11.9 Å². The Balaban J connectivity index is 2.74. The summed E-state index contributed by atoms with van der Waals surface area (Å²) < 4.78 is 0. The number of aliphatic carboxylic acids is 2. The van der Waals surface area contributed by atoms with Crippen molar-refractivity contribution in [1.82, 2.24) is 0 Å². The van der Waals surface area contributed by atoms with E-state index < -0.39 is 11.9 Å². The maximum Gasteiger partial charge on any atom is 0.303 e. The molecule has 0 aromatic heterocycles. The predicted molar refractivity (Wildman–Crippen MR) is 170 cm³/mol. The monoisotopic (exact) mass is 562 g/mol. The summed E-state index contributed by atoms with van der Waals surface area (Å²) in [6.07, 6.45) is 35.9. The Morgan fingerprint density at radius 1 is 0.450 bits per heavy atom. The molecule has 0 spiro atoms. The van der Waals surface area contributed by atoms with Crippen molar-refractivity contribution in [3.8, 4) is 0 Å². The number of allylic oxidation sites excluding steroid dienone is 2. The van der Waals surface area contributed by atoms with E-state index in [0.29, 0.717) is 18.8 Å². The molecule has 40 heavy (non-hydrogen) atoms. The highest BCUT2D eigenvalue weighted by Gasteiger charge is 2.34. The van der Waals surface area contributed by atoms with Gasteiger partial charge in [-0.2, -0.15) is 0 Å². The molecule has 0 radical (unpaired) electrons. The number of unbranched alkanes of at least 4 members (excludes halogenated alkanes) is 16. The molecule has 0 aromatic rings. The zero-order chi connectivity index (χ0) is 29.3. The summed E-state index contributed by atoms with van der Waals surface area (Å²) in [5, 5.41) is 17.8. The first-order valence-electron chi connectivity index (χ1n) is 17.6. The van der Waals surface area contributed by atoms with Crippen LogP contribution in [0.15, 0.2) is 12.2 Å². The lowest BCUT2D eigenvalue weighted by atomic mass is 9.64. The van der Waals surface area contributed by atoms with Crippen LogP contribution in [0.2, 0.25) is 0 Å². The largest absolute Gasteiger partial charge is 0.481 e. The van der Waals surface area contributed by atoms with Gasteiger partial charge < -0.3 is 10.2 Å². The van der Waals surface area contributed by atoms with Crippen LogP contribution in [0.25, 0.3) is 0 Å². The minimum atomic E-state index is -0.669. The lowest BCUT2D eigenvalue weighted by Gasteiger charge is -2.41. The van der Waals surface area contributed by atoms with Crippen LogP contribution in [0.5, 0.6) is 0 Å². The van der Waals surface area contributed by atoms with Crippen LogP contribution in [0, 0.1) is 23.7 Å². The molecule has 4 unspecified atom stereocenters. The Bertz CT molecular complexity index is 643. The van der Waals surface area contributed by atoms with Crippen LogP contribution in [-0.2, 0) is 9.59 Å². The average molecular weight is 563 g/mol. The Labute approximate surface area is 248 Å². The minimum Gasteiger partial charge on any atom is -0.481 e. The van der Waals surface area contributed by atoms with Gasteiger partial charge in [0.25, 0.3) is 0 Å². The summed E-state index contributed by atoms with van der Waals surface area (Å²) in [6.45, 7) is 4.60. The molecule has 0 saturated heterocycles. The van der Waals surface area contributed by atoms with Crippen LogP contribution >= 0.6 is 0 Å². The van der Waals surface area contributed by atoms with Gasteiger partial charge in [-0.15, -0.1) is 0 Å². The van der Waals surface area contributed by atoms with Gasteiger partial charge in [-0.05, 0) is 62.2 Å². The third-order valence-electron chi connectivity index (χ3n) is 9.39. The molecular weight excluding hydrogens is 496 g/mol. The van der Waals surface area contributed by atoms with E-state index in [1.54, 1.807) is 0 Å². The van der Waals surface area contributed by atoms with Gasteiger partial charge in [-0.25, -0.2) is 0 Å². The van der Waals surface area contributed by atoms with Crippen LogP contribution < -0.4 is 0 Å². The van der Waals surface area contributed by atoms with Crippen molar-refractivity contribution in [2.24, 2.45) is 23.7 Å². The molecule has 0 saturated carbocycles. The summed E-state index contributed by atoms with van der Waals surface area (Å²) in [4.78, 5) is 21.6. The molecule has 234 valence electrons. The number of hydrogen-bond donors (Lipinski definition) is 2. The first-order valence-corrected chi connectivity index (χ1v) is 17.6. The number of carboxylic acid groups (broad SMARTS) is 2. The molecule has 1 aliphatic rings. The van der Waals surface area contributed by atoms with Gasteiger partial charge in [0.15, 0.2) is 0 Å². The van der Waals surface area contributed by atoms with Crippen molar-refractivity contribution in [1.29, 1.82) is 0 Å². The molecule has 0 fully saturated rings. The summed E-state index contributed by atoms with van der Waals surface area (Å²) in [6, 6.07) is 0. The molecule has 4 atom stereocenters. The maximum absolute atomic E-state index is 10.8. The lowest BCUT2D eigenvalue weighted by molar-refractivity contribution is -0.138. The second-order valence-corrected chi connectivity index (χ2v) is 12.8. The summed E-state index contributed by atoms with van der Waals surface area (Å²) in [5.41, 5.74) is 0. The second-order valence-electron chi connectivity index (χ2n) is 12.8. The number of carbonyl (C=O) groups is 2. The van der Waals surface area contributed by atoms with E-state index in [0.717, 1.165) is 49.9 Å². The number of rotatable bonds is 28. The number of carboxylic acids is 2. The average Bonchev–Trinajstić information content (AvgIpc) is 2.92. The molecule has 0 heterocycles. The fraction of sp³-hybridized carbons (Fsp3) is 0.889. The van der Waals surface area contributed by atoms with Crippen LogP contribution in [0.3, 0.4) is 0 Å². The molecular formula is C36H66O4. The fourth-order valence-corrected chi connectivity index (χ4v) is 7.02. The van der Waals surface area contributed by atoms with Crippen molar-refractivity contribution in [3.63, 3.8) is 0 Å². The third-order valence-corrected chi connectivity index (χ3v) is 9.39. The summed E-state index contributed by atoms with van der Waals surface area (Å²) in [5.74, 6) is 1.73. The smallest absolute Gasteiger partial charge is 0.303 e. The third kappa shape index (κ3) is 18.9. The van der Waals surface area contributed by atoms with Gasteiger partial charge in [-0.1, -0.05) is 142 Å². The lowest BCUT2D eigenvalue weighted by Crippen LogP contribution is -2.32. The Morgan fingerprint density at radius 2 is 0.750 bits per heavy atom. The van der Waals surface area contributed by atoms with Crippen molar-refractivity contribution in [2.75, 3.05) is 0 Å². The van der Waals surface area contributed by atoms with Gasteiger partial charge in [0.2, 0.25) is 0 Å². The topological polar surface area (TPSA) is 74.6 Å². The van der Waals surface area contributed by atoms with Crippen molar-refractivity contribution in [3.05, 3.63) is 12.2 Å². The van der Waals surface area contributed by atoms with E-state index in [2.05, 4.69) is 26.0 Å². The fourth-order valence-electron chi connectivity index (χ4n) is 7.02. The summed E-state index contributed by atoms with van der Waals surface area (Å²) in [7, 11) is 0. The highest BCUT2D eigenvalue weighted by molar-refractivity contribution is 5.66. The zero-order valence-electron chi connectivity index (χ0n) is 26.6. The van der Waals surface area contributed by atoms with E-state index in [1.807, 2.05) is 0 Å². The first kappa shape index (κ1) is 36.7. The Morgan fingerprint density at radius 3 is 1.12 bits per heavy atom. The first-order chi connectivity index (χ1) is 19.5. The Hall–Kier alpha value is -1.32. The highest BCUT2D eigenvalue weighted by atomic mass is 16.4. The maximum atomic E-state index is 10.8. The van der Waals surface area contributed by atoms with Gasteiger partial charge in [0, 0.05) is 12.8 Å². The van der Waals surface area contributed by atoms with Gasteiger partial charge in [0.05, 0.1) is 0 Å². The molecule has 1 rings (SSSR count). The van der Waals surface area contributed by atoms with E-state index in [-0.39, 0.29) is 0 Å². The Kier molecular flexibility index (Phi) is 23.3. The van der Waals surface area contributed by atoms with Crippen molar-refractivity contribution in [2.45, 2.75) is 181 Å². The molecule has 4 nitrogen and oxygen atoms in total. The van der Waals surface area contributed by atoms with E-state index in [1.165, 1.54) is 122 Å². The second kappa shape index (κ2) is 25.4. The van der Waals surface area contributed by atoms with E-state index in [9.17, 15) is 9.59 Å². The zero-order valence-corrected chi connectivity index (χ0v) is 26.6. The van der Waals surface area contributed by atoms with Gasteiger partial charge in [0.1, 0.15) is 0 Å². The van der Waals surface area contributed by atoms with E-state index in [4.69, 9.17) is 10.2 Å². The van der Waals surface area contributed by atoms with Gasteiger partial charge >= 0.3 is 11.9 Å². The SMILES string of the molecule is CCCCCCCCC1C(CCCCCC)C=CC(CCCCCCCC(=O)O)C1CCCCCCCC(=O)O. The van der Waals surface area contributed by atoms with Crippen LogP contribution in [0.4, 0.5) is 0 Å².